The first kappa shape index (κ1) is 11.8. The molecule has 1 atom stereocenters. The van der Waals surface area contributed by atoms with Crippen molar-refractivity contribution in [2.24, 2.45) is 11.8 Å². The first-order valence-corrected chi connectivity index (χ1v) is 6.17. The van der Waals surface area contributed by atoms with E-state index >= 15 is 0 Å². The van der Waals surface area contributed by atoms with Crippen molar-refractivity contribution in [3.63, 3.8) is 0 Å². The molecule has 6 heteroatoms. The van der Waals surface area contributed by atoms with Crippen molar-refractivity contribution in [3.8, 4) is 0 Å². The fourth-order valence-corrected chi connectivity index (χ4v) is 2.43. The number of imide groups is 2. The number of barbiturate groups is 1. The lowest BCUT2D eigenvalue weighted by Crippen LogP contribution is -2.59. The van der Waals surface area contributed by atoms with Gasteiger partial charge in [-0.2, -0.15) is 11.3 Å². The summed E-state index contributed by atoms with van der Waals surface area (Å²) >= 11 is 1.39. The Labute approximate surface area is 102 Å². The Hall–Kier alpha value is -1.69. The van der Waals surface area contributed by atoms with E-state index < -0.39 is 23.8 Å². The lowest BCUT2D eigenvalue weighted by molar-refractivity contribution is -0.136. The van der Waals surface area contributed by atoms with Gasteiger partial charge in [0.2, 0.25) is 11.8 Å². The highest BCUT2D eigenvalue weighted by atomic mass is 32.1. The van der Waals surface area contributed by atoms with Crippen molar-refractivity contribution in [3.05, 3.63) is 16.8 Å². The predicted molar refractivity (Wildman–Crippen MR) is 63.7 cm³/mol. The Bertz CT molecular complexity index is 467. The minimum Gasteiger partial charge on any atom is -0.277 e. The quantitative estimate of drug-likeness (QED) is 0.813. The van der Waals surface area contributed by atoms with Gasteiger partial charge in [0.15, 0.2) is 0 Å². The van der Waals surface area contributed by atoms with Crippen LogP contribution in [0, 0.1) is 11.8 Å². The minimum atomic E-state index is -0.799. The minimum absolute atomic E-state index is 0.142. The highest BCUT2D eigenvalue weighted by Crippen LogP contribution is 2.25. The van der Waals surface area contributed by atoms with Gasteiger partial charge in [-0.3, -0.25) is 14.9 Å². The average Bonchev–Trinajstić information content (AvgIpc) is 2.69. The van der Waals surface area contributed by atoms with E-state index in [9.17, 15) is 14.4 Å². The largest absolute Gasteiger partial charge is 0.335 e. The van der Waals surface area contributed by atoms with Crippen LogP contribution in [-0.4, -0.2) is 17.8 Å². The van der Waals surface area contributed by atoms with E-state index in [0.29, 0.717) is 5.69 Å². The Morgan fingerprint density at radius 2 is 2.06 bits per heavy atom. The summed E-state index contributed by atoms with van der Waals surface area (Å²) in [5.74, 6) is -1.90. The van der Waals surface area contributed by atoms with E-state index in [2.05, 4.69) is 5.32 Å². The number of nitrogens with one attached hydrogen (secondary N) is 1. The van der Waals surface area contributed by atoms with Crippen LogP contribution in [0.2, 0.25) is 0 Å². The normalized spacial score (nSPS) is 21.0. The molecule has 0 aliphatic carbocycles. The highest BCUT2D eigenvalue weighted by Gasteiger charge is 2.42. The van der Waals surface area contributed by atoms with E-state index in [-0.39, 0.29) is 5.92 Å². The third-order valence-corrected chi connectivity index (χ3v) is 3.30. The molecule has 0 aromatic carbocycles. The second-order valence-electron chi connectivity index (χ2n) is 4.17. The Kier molecular flexibility index (Phi) is 2.97. The first-order chi connectivity index (χ1) is 8.02. The molecule has 2 rings (SSSR count). The molecule has 1 aliphatic heterocycles. The third kappa shape index (κ3) is 1.95. The lowest BCUT2D eigenvalue weighted by Gasteiger charge is -2.31. The van der Waals surface area contributed by atoms with Crippen LogP contribution in [0.3, 0.4) is 0 Å². The average molecular weight is 252 g/mol. The van der Waals surface area contributed by atoms with Gasteiger partial charge in [0.05, 0.1) is 5.69 Å². The SMILES string of the molecule is CC(C)C1C(=O)NC(=O)N(c2ccsc2)C1=O. The van der Waals surface area contributed by atoms with Crippen LogP contribution >= 0.6 is 11.3 Å². The second-order valence-corrected chi connectivity index (χ2v) is 4.95. The van der Waals surface area contributed by atoms with E-state index in [4.69, 9.17) is 0 Å². The lowest BCUT2D eigenvalue weighted by atomic mass is 9.92. The van der Waals surface area contributed by atoms with Crippen molar-refractivity contribution in [1.82, 2.24) is 5.32 Å². The van der Waals surface area contributed by atoms with E-state index in [1.54, 1.807) is 30.7 Å². The summed E-state index contributed by atoms with van der Waals surface area (Å²) in [5, 5.41) is 5.68. The van der Waals surface area contributed by atoms with Gasteiger partial charge in [0.1, 0.15) is 5.92 Å². The maximum absolute atomic E-state index is 12.1. The second kappa shape index (κ2) is 4.29. The maximum Gasteiger partial charge on any atom is 0.335 e. The zero-order valence-electron chi connectivity index (χ0n) is 9.47. The molecule has 0 bridgehead atoms. The van der Waals surface area contributed by atoms with Gasteiger partial charge < -0.3 is 0 Å². The molecule has 1 aromatic heterocycles. The third-order valence-electron chi connectivity index (χ3n) is 2.63. The van der Waals surface area contributed by atoms with Crippen LogP contribution in [0.5, 0.6) is 0 Å². The molecule has 0 spiro atoms. The molecule has 90 valence electrons. The van der Waals surface area contributed by atoms with Gasteiger partial charge >= 0.3 is 6.03 Å². The smallest absolute Gasteiger partial charge is 0.277 e. The number of urea groups is 1. The molecule has 1 fully saturated rings. The van der Waals surface area contributed by atoms with Crippen molar-refractivity contribution >= 4 is 34.9 Å². The molecule has 1 saturated heterocycles. The van der Waals surface area contributed by atoms with E-state index in [1.165, 1.54) is 11.3 Å². The predicted octanol–water partition coefficient (Wildman–Crippen LogP) is 1.60. The van der Waals surface area contributed by atoms with Gasteiger partial charge in [-0.25, -0.2) is 9.69 Å². The Balaban J connectivity index is 2.37. The molecular formula is C11H12N2O3S. The molecule has 5 nitrogen and oxygen atoms in total. The van der Waals surface area contributed by atoms with Crippen molar-refractivity contribution in [1.29, 1.82) is 0 Å². The van der Waals surface area contributed by atoms with Gasteiger partial charge in [-0.15, -0.1) is 0 Å². The summed E-state index contributed by atoms with van der Waals surface area (Å²) < 4.78 is 0. The summed E-state index contributed by atoms with van der Waals surface area (Å²) in [6.45, 7) is 3.56. The molecule has 0 saturated carbocycles. The van der Waals surface area contributed by atoms with Gasteiger partial charge in [0, 0.05) is 5.38 Å². The number of rotatable bonds is 2. The number of carbonyl (C=O) groups is 3. The summed E-state index contributed by atoms with van der Waals surface area (Å²) in [6, 6.07) is 1.00. The molecule has 1 unspecified atom stereocenters. The molecule has 1 N–H and O–H groups in total. The molecule has 4 amide bonds. The summed E-state index contributed by atoms with van der Waals surface area (Å²) in [6.07, 6.45) is 0. The Morgan fingerprint density at radius 3 is 2.59 bits per heavy atom. The number of hydrogen-bond acceptors (Lipinski definition) is 4. The molecular weight excluding hydrogens is 240 g/mol. The van der Waals surface area contributed by atoms with Crippen LogP contribution < -0.4 is 10.2 Å². The van der Waals surface area contributed by atoms with Crippen LogP contribution in [0.1, 0.15) is 13.8 Å². The van der Waals surface area contributed by atoms with Crippen LogP contribution in [0.4, 0.5) is 10.5 Å². The van der Waals surface area contributed by atoms with Crippen molar-refractivity contribution in [2.75, 3.05) is 4.90 Å². The molecule has 1 aromatic rings. The van der Waals surface area contributed by atoms with Crippen LogP contribution in [-0.2, 0) is 9.59 Å². The van der Waals surface area contributed by atoms with E-state index in [0.717, 1.165) is 4.90 Å². The fourth-order valence-electron chi connectivity index (χ4n) is 1.81. The molecule has 17 heavy (non-hydrogen) atoms. The molecule has 1 aliphatic rings. The van der Waals surface area contributed by atoms with Gasteiger partial charge in [-0.1, -0.05) is 13.8 Å². The topological polar surface area (TPSA) is 66.5 Å². The van der Waals surface area contributed by atoms with Gasteiger partial charge in [0.25, 0.3) is 0 Å². The highest BCUT2D eigenvalue weighted by molar-refractivity contribution is 7.08. The number of carbonyl (C=O) groups excluding carboxylic acids is 3. The van der Waals surface area contributed by atoms with Crippen LogP contribution in [0.25, 0.3) is 0 Å². The van der Waals surface area contributed by atoms with E-state index in [1.807, 2.05) is 0 Å². The van der Waals surface area contributed by atoms with Crippen LogP contribution in [0.15, 0.2) is 16.8 Å². The number of anilines is 1. The number of hydrogen-bond donors (Lipinski definition) is 1. The zero-order chi connectivity index (χ0) is 12.6. The van der Waals surface area contributed by atoms with Gasteiger partial charge in [-0.05, 0) is 17.4 Å². The zero-order valence-corrected chi connectivity index (χ0v) is 10.3. The first-order valence-electron chi connectivity index (χ1n) is 5.23. The summed E-state index contributed by atoms with van der Waals surface area (Å²) in [4.78, 5) is 36.4. The Morgan fingerprint density at radius 1 is 1.35 bits per heavy atom. The fraction of sp³-hybridized carbons (Fsp3) is 0.364. The number of amides is 4. The monoisotopic (exact) mass is 252 g/mol. The van der Waals surface area contributed by atoms with Crippen molar-refractivity contribution in [2.45, 2.75) is 13.8 Å². The van der Waals surface area contributed by atoms with Crippen molar-refractivity contribution < 1.29 is 14.4 Å². The summed E-state index contributed by atoms with van der Waals surface area (Å²) in [5.41, 5.74) is 0.510. The molecule has 0 radical (unpaired) electrons. The number of nitrogens with zero attached hydrogens (tertiary/aromatic N) is 1. The maximum atomic E-state index is 12.1. The summed E-state index contributed by atoms with van der Waals surface area (Å²) in [7, 11) is 0. The molecule has 2 heterocycles. The number of thiophene rings is 1. The standard InChI is InChI=1S/C11H12N2O3S/c1-6(2)8-9(14)12-11(16)13(10(8)15)7-3-4-17-5-7/h3-6,8H,1-2H3,(H,12,14,16).